The van der Waals surface area contributed by atoms with Crippen molar-refractivity contribution in [3.8, 4) is 5.75 Å². The molecule has 2 atom stereocenters. The van der Waals surface area contributed by atoms with Crippen LogP contribution in [0.2, 0.25) is 0 Å². The van der Waals surface area contributed by atoms with Gasteiger partial charge in [0.15, 0.2) is 0 Å². The lowest BCUT2D eigenvalue weighted by Gasteiger charge is -2.40. The summed E-state index contributed by atoms with van der Waals surface area (Å²) in [7, 11) is 1.47. The molecule has 1 saturated carbocycles. The third-order valence-electron chi connectivity index (χ3n) is 7.30. The third kappa shape index (κ3) is 6.43. The first kappa shape index (κ1) is 28.0. The zero-order valence-electron chi connectivity index (χ0n) is 22.8. The van der Waals surface area contributed by atoms with E-state index >= 15 is 0 Å². The van der Waals surface area contributed by atoms with Gasteiger partial charge in [-0.05, 0) is 79.0 Å². The van der Waals surface area contributed by atoms with Crippen LogP contribution in [0.15, 0.2) is 60.8 Å². The van der Waals surface area contributed by atoms with Gasteiger partial charge in [0.25, 0.3) is 5.91 Å². The molecule has 2 aromatic carbocycles. The Morgan fingerprint density at radius 3 is 2.59 bits per heavy atom. The Kier molecular flexibility index (Phi) is 9.19. The molecule has 198 valence electrons. The molecule has 1 aromatic heterocycles. The molecule has 2 unspecified atom stereocenters. The van der Waals surface area contributed by atoms with Crippen LogP contribution in [0.3, 0.4) is 0 Å². The third-order valence-corrected chi connectivity index (χ3v) is 7.30. The molecule has 1 aliphatic rings. The largest absolute Gasteiger partial charge is 0.496 e. The SMILES string of the molecule is C=C1CC(C)CC(CC)(CNC(=O)c2ccc3c(ccn3Cc3ccc(C(=O)O)c(OC)c3)c2)C1.CC. The normalized spacial score (nSPS) is 19.2. The van der Waals surface area contributed by atoms with Crippen molar-refractivity contribution in [2.75, 3.05) is 13.7 Å². The van der Waals surface area contributed by atoms with Crippen LogP contribution in [0.4, 0.5) is 0 Å². The second-order valence-corrected chi connectivity index (χ2v) is 10.0. The van der Waals surface area contributed by atoms with Crippen molar-refractivity contribution in [1.29, 1.82) is 0 Å². The molecule has 6 nitrogen and oxygen atoms in total. The van der Waals surface area contributed by atoms with Crippen molar-refractivity contribution >= 4 is 22.8 Å². The van der Waals surface area contributed by atoms with E-state index in [0.717, 1.165) is 42.1 Å². The molecule has 0 radical (unpaired) electrons. The minimum Gasteiger partial charge on any atom is -0.496 e. The first-order valence-corrected chi connectivity index (χ1v) is 13.2. The smallest absolute Gasteiger partial charge is 0.339 e. The molecule has 1 heterocycles. The monoisotopic (exact) mass is 504 g/mol. The van der Waals surface area contributed by atoms with E-state index in [4.69, 9.17) is 4.74 Å². The molecule has 0 spiro atoms. The number of carbonyl (C=O) groups excluding carboxylic acids is 1. The van der Waals surface area contributed by atoms with Gasteiger partial charge in [-0.3, -0.25) is 4.79 Å². The van der Waals surface area contributed by atoms with Gasteiger partial charge in [-0.15, -0.1) is 0 Å². The Bertz CT molecular complexity index is 1280. The number of benzene rings is 2. The average Bonchev–Trinajstić information content (AvgIpc) is 3.29. The van der Waals surface area contributed by atoms with Gasteiger partial charge in [-0.2, -0.15) is 0 Å². The highest BCUT2D eigenvalue weighted by molar-refractivity contribution is 5.98. The molecule has 2 N–H and O–H groups in total. The van der Waals surface area contributed by atoms with Crippen molar-refractivity contribution in [2.45, 2.75) is 59.9 Å². The number of nitrogens with zero attached hydrogens (tertiary/aromatic N) is 1. The van der Waals surface area contributed by atoms with Gasteiger partial charge in [0, 0.05) is 35.8 Å². The average molecular weight is 505 g/mol. The van der Waals surface area contributed by atoms with Crippen LogP contribution in [0.25, 0.3) is 10.9 Å². The number of rotatable bonds is 8. The number of aromatic carboxylic acids is 1. The second kappa shape index (κ2) is 12.1. The lowest BCUT2D eigenvalue weighted by atomic mass is 9.67. The topological polar surface area (TPSA) is 80.6 Å². The van der Waals surface area contributed by atoms with Crippen molar-refractivity contribution in [3.63, 3.8) is 0 Å². The molecule has 0 saturated heterocycles. The van der Waals surface area contributed by atoms with Gasteiger partial charge in [-0.1, -0.05) is 45.9 Å². The number of fused-ring (bicyclic) bond motifs is 1. The van der Waals surface area contributed by atoms with E-state index in [-0.39, 0.29) is 16.9 Å². The van der Waals surface area contributed by atoms with Crippen LogP contribution in [0.1, 0.15) is 79.7 Å². The van der Waals surface area contributed by atoms with Gasteiger partial charge in [-0.25, -0.2) is 4.79 Å². The van der Waals surface area contributed by atoms with Gasteiger partial charge >= 0.3 is 5.97 Å². The number of carbonyl (C=O) groups is 2. The molecular weight excluding hydrogens is 464 g/mol. The standard InChI is InChI=1S/C29H34N2O4.C2H6/c1-5-29(15-19(2)12-20(3)16-29)18-30-27(32)23-7-9-25-22(14-23)10-11-31(25)17-21-6-8-24(28(33)34)26(13-21)35-4;1-2/h6-11,13-14,20H,2,5,12,15-18H2,1,3-4H3,(H,30,32)(H,33,34);1-2H3. The van der Waals surface area contributed by atoms with Crippen molar-refractivity contribution in [1.82, 2.24) is 9.88 Å². The Morgan fingerprint density at radius 1 is 1.19 bits per heavy atom. The van der Waals surface area contributed by atoms with E-state index in [1.165, 1.54) is 12.7 Å². The minimum absolute atomic E-state index is 0.0506. The highest BCUT2D eigenvalue weighted by Gasteiger charge is 2.35. The second-order valence-electron chi connectivity index (χ2n) is 10.0. The predicted molar refractivity (Wildman–Crippen MR) is 150 cm³/mol. The summed E-state index contributed by atoms with van der Waals surface area (Å²) < 4.78 is 7.33. The molecule has 1 amide bonds. The minimum atomic E-state index is -1.02. The van der Waals surface area contributed by atoms with Crippen molar-refractivity contribution in [3.05, 3.63) is 77.5 Å². The summed E-state index contributed by atoms with van der Waals surface area (Å²) in [5, 5.41) is 13.5. The molecule has 0 bridgehead atoms. The van der Waals surface area contributed by atoms with Crippen LogP contribution < -0.4 is 10.1 Å². The van der Waals surface area contributed by atoms with Crippen LogP contribution in [0, 0.1) is 11.3 Å². The molecular formula is C31H40N2O4. The molecule has 37 heavy (non-hydrogen) atoms. The molecule has 3 aromatic rings. The predicted octanol–water partition coefficient (Wildman–Crippen LogP) is 6.93. The number of ether oxygens (including phenoxy) is 1. The molecule has 6 heteroatoms. The van der Waals surface area contributed by atoms with E-state index < -0.39 is 5.97 Å². The first-order valence-electron chi connectivity index (χ1n) is 13.2. The summed E-state index contributed by atoms with van der Waals surface area (Å²) >= 11 is 0. The zero-order valence-corrected chi connectivity index (χ0v) is 22.8. The number of amides is 1. The maximum absolute atomic E-state index is 13.0. The van der Waals surface area contributed by atoms with Gasteiger partial charge in [0.2, 0.25) is 0 Å². The van der Waals surface area contributed by atoms with E-state index in [9.17, 15) is 14.7 Å². The summed E-state index contributed by atoms with van der Waals surface area (Å²) in [5.74, 6) is -0.126. The Morgan fingerprint density at radius 2 is 1.95 bits per heavy atom. The fourth-order valence-electron chi connectivity index (χ4n) is 5.56. The van der Waals surface area contributed by atoms with Crippen LogP contribution in [-0.2, 0) is 6.54 Å². The number of carboxylic acids is 1. The van der Waals surface area contributed by atoms with Gasteiger partial charge < -0.3 is 19.7 Å². The van der Waals surface area contributed by atoms with E-state index in [1.54, 1.807) is 18.2 Å². The maximum Gasteiger partial charge on any atom is 0.339 e. The fraction of sp³-hybridized carbons (Fsp3) is 0.419. The van der Waals surface area contributed by atoms with Gasteiger partial charge in [0.1, 0.15) is 11.3 Å². The number of nitrogens with one attached hydrogen (secondary N) is 1. The fourth-order valence-corrected chi connectivity index (χ4v) is 5.56. The Hall–Kier alpha value is -3.54. The number of hydrogen-bond acceptors (Lipinski definition) is 3. The van der Waals surface area contributed by atoms with Crippen LogP contribution in [0.5, 0.6) is 5.75 Å². The molecule has 1 aliphatic carbocycles. The summed E-state index contributed by atoms with van der Waals surface area (Å²) in [5.41, 5.74) is 4.11. The van der Waals surface area contributed by atoms with Crippen LogP contribution >= 0.6 is 0 Å². The van der Waals surface area contributed by atoms with Crippen molar-refractivity contribution in [2.24, 2.45) is 11.3 Å². The highest BCUT2D eigenvalue weighted by Crippen LogP contribution is 2.43. The van der Waals surface area contributed by atoms with E-state index in [2.05, 4.69) is 30.3 Å². The maximum atomic E-state index is 13.0. The van der Waals surface area contributed by atoms with Gasteiger partial charge in [0.05, 0.1) is 7.11 Å². The lowest BCUT2D eigenvalue weighted by molar-refractivity contribution is 0.0693. The molecule has 0 aliphatic heterocycles. The Balaban J connectivity index is 0.00000186. The number of aromatic nitrogens is 1. The summed E-state index contributed by atoms with van der Waals surface area (Å²) in [6.45, 7) is 13.9. The first-order chi connectivity index (χ1) is 17.7. The summed E-state index contributed by atoms with van der Waals surface area (Å²) in [6.07, 6.45) is 6.18. The van der Waals surface area contributed by atoms with Crippen LogP contribution in [-0.4, -0.2) is 35.2 Å². The zero-order chi connectivity index (χ0) is 27.2. The lowest BCUT2D eigenvalue weighted by Crippen LogP contribution is -2.40. The molecule has 1 fully saturated rings. The summed E-state index contributed by atoms with van der Waals surface area (Å²) in [6, 6.07) is 12.9. The highest BCUT2D eigenvalue weighted by atomic mass is 16.5. The number of hydrogen-bond donors (Lipinski definition) is 2. The Labute approximate surface area is 220 Å². The number of carboxylic acid groups (broad SMARTS) is 1. The van der Waals surface area contributed by atoms with Crippen molar-refractivity contribution < 1.29 is 19.4 Å². The number of allylic oxidation sites excluding steroid dienone is 1. The molecule has 4 rings (SSSR count). The quantitative estimate of drug-likeness (QED) is 0.326. The number of methoxy groups -OCH3 is 1. The summed E-state index contributed by atoms with van der Waals surface area (Å²) in [4.78, 5) is 24.4. The van der Waals surface area contributed by atoms with E-state index in [1.807, 2.05) is 44.3 Å². The van der Waals surface area contributed by atoms with E-state index in [0.29, 0.717) is 30.3 Å².